The summed E-state index contributed by atoms with van der Waals surface area (Å²) in [4.78, 5) is 10.6. The Balaban J connectivity index is 2.88. The number of ether oxygens (including phenoxy) is 1. The molecule has 0 atom stereocenters. The average Bonchev–Trinajstić information content (AvgIpc) is 2.24. The van der Waals surface area contributed by atoms with Gasteiger partial charge in [0.2, 0.25) is 0 Å². The summed E-state index contributed by atoms with van der Waals surface area (Å²) in [5.41, 5.74) is 0.419. The van der Waals surface area contributed by atoms with E-state index in [2.05, 4.69) is 0 Å². The number of allylic oxidation sites excluding steroid dienone is 1. The quantitative estimate of drug-likeness (QED) is 0.746. The number of carbonyl (C=O) groups excluding carboxylic acids is 1. The molecule has 0 radical (unpaired) electrons. The molecule has 0 saturated carbocycles. The van der Waals surface area contributed by atoms with E-state index in [-0.39, 0.29) is 0 Å². The van der Waals surface area contributed by atoms with E-state index in [9.17, 15) is 18.0 Å². The van der Waals surface area contributed by atoms with Crippen LogP contribution >= 0.6 is 0 Å². The highest BCUT2D eigenvalue weighted by atomic mass is 19.4. The Bertz CT molecular complexity index is 408. The van der Waals surface area contributed by atoms with E-state index < -0.39 is 12.0 Å². The number of rotatable bonds is 3. The van der Waals surface area contributed by atoms with Crippen LogP contribution in [-0.2, 0) is 4.79 Å². The molecule has 1 aromatic carbocycles. The summed E-state index contributed by atoms with van der Waals surface area (Å²) >= 11 is 0. The minimum Gasteiger partial charge on any atom is -0.496 e. The lowest BCUT2D eigenvalue weighted by Crippen LogP contribution is -2.19. The van der Waals surface area contributed by atoms with Crippen molar-refractivity contribution in [3.05, 3.63) is 35.9 Å². The van der Waals surface area contributed by atoms with Crippen LogP contribution in [0.3, 0.4) is 0 Å². The van der Waals surface area contributed by atoms with Gasteiger partial charge in [0, 0.05) is 5.56 Å². The Morgan fingerprint density at radius 3 is 2.50 bits per heavy atom. The molecule has 1 rings (SSSR count). The molecule has 0 aliphatic carbocycles. The smallest absolute Gasteiger partial charge is 0.454 e. The second-order valence-electron chi connectivity index (χ2n) is 2.94. The average molecular weight is 230 g/mol. The third kappa shape index (κ3) is 3.12. The number of alkyl halides is 3. The van der Waals surface area contributed by atoms with Gasteiger partial charge in [-0.15, -0.1) is 0 Å². The molecular formula is C11H9F3O2. The summed E-state index contributed by atoms with van der Waals surface area (Å²) in [6.07, 6.45) is -3.27. The topological polar surface area (TPSA) is 26.3 Å². The second kappa shape index (κ2) is 4.83. The van der Waals surface area contributed by atoms with E-state index in [0.29, 0.717) is 17.4 Å². The number of halogens is 3. The summed E-state index contributed by atoms with van der Waals surface area (Å²) < 4.78 is 40.6. The standard InChI is InChI=1S/C11H9F3O2/c1-16-9-5-3-2-4-8(9)6-7-10(15)11(12,13)14/h2-7H,1H3/b7-6+. The van der Waals surface area contributed by atoms with Gasteiger partial charge in [-0.25, -0.2) is 0 Å². The number of ketones is 1. The van der Waals surface area contributed by atoms with Gasteiger partial charge in [0.05, 0.1) is 7.11 Å². The number of hydrogen-bond donors (Lipinski definition) is 0. The van der Waals surface area contributed by atoms with Crippen LogP contribution < -0.4 is 4.74 Å². The first-order valence-electron chi connectivity index (χ1n) is 4.37. The molecule has 16 heavy (non-hydrogen) atoms. The van der Waals surface area contributed by atoms with Crippen LogP contribution in [0.2, 0.25) is 0 Å². The van der Waals surface area contributed by atoms with E-state index >= 15 is 0 Å². The van der Waals surface area contributed by atoms with Gasteiger partial charge < -0.3 is 4.74 Å². The van der Waals surface area contributed by atoms with Crippen molar-refractivity contribution in [2.45, 2.75) is 6.18 Å². The molecule has 2 nitrogen and oxygen atoms in total. The summed E-state index contributed by atoms with van der Waals surface area (Å²) in [5.74, 6) is -1.48. The van der Waals surface area contributed by atoms with Gasteiger partial charge in [0.25, 0.3) is 5.78 Å². The zero-order valence-electron chi connectivity index (χ0n) is 8.41. The molecule has 86 valence electrons. The van der Waals surface area contributed by atoms with Crippen molar-refractivity contribution in [2.75, 3.05) is 7.11 Å². The lowest BCUT2D eigenvalue weighted by molar-refractivity contribution is -0.165. The number of hydrogen-bond acceptors (Lipinski definition) is 2. The van der Waals surface area contributed by atoms with Crippen molar-refractivity contribution in [2.24, 2.45) is 0 Å². The Morgan fingerprint density at radius 2 is 1.94 bits per heavy atom. The van der Waals surface area contributed by atoms with E-state index in [1.165, 1.54) is 7.11 Å². The monoisotopic (exact) mass is 230 g/mol. The molecule has 0 heterocycles. The fraction of sp³-hybridized carbons (Fsp3) is 0.182. The van der Waals surface area contributed by atoms with Gasteiger partial charge in [-0.2, -0.15) is 13.2 Å². The Morgan fingerprint density at radius 1 is 1.31 bits per heavy atom. The van der Waals surface area contributed by atoms with Crippen molar-refractivity contribution < 1.29 is 22.7 Å². The predicted molar refractivity (Wildman–Crippen MR) is 53.1 cm³/mol. The maximum Gasteiger partial charge on any atom is 0.454 e. The SMILES string of the molecule is COc1ccccc1/C=C/C(=O)C(F)(F)F. The third-order valence-electron chi connectivity index (χ3n) is 1.83. The van der Waals surface area contributed by atoms with Crippen molar-refractivity contribution in [1.82, 2.24) is 0 Å². The lowest BCUT2D eigenvalue weighted by atomic mass is 10.1. The highest BCUT2D eigenvalue weighted by Gasteiger charge is 2.35. The van der Waals surface area contributed by atoms with E-state index in [1.54, 1.807) is 24.3 Å². The number of benzene rings is 1. The maximum atomic E-state index is 11.9. The summed E-state index contributed by atoms with van der Waals surface area (Å²) in [6.45, 7) is 0. The Hall–Kier alpha value is -1.78. The predicted octanol–water partition coefficient (Wildman–Crippen LogP) is 2.84. The molecule has 5 heteroatoms. The molecule has 0 amide bonds. The van der Waals surface area contributed by atoms with Crippen molar-refractivity contribution in [3.63, 3.8) is 0 Å². The number of para-hydroxylation sites is 1. The molecular weight excluding hydrogens is 221 g/mol. The van der Waals surface area contributed by atoms with Gasteiger partial charge in [0.1, 0.15) is 5.75 Å². The van der Waals surface area contributed by atoms with Crippen molar-refractivity contribution in [1.29, 1.82) is 0 Å². The van der Waals surface area contributed by atoms with Crippen LogP contribution in [0.15, 0.2) is 30.3 Å². The summed E-state index contributed by atoms with van der Waals surface area (Å²) in [5, 5.41) is 0. The lowest BCUT2D eigenvalue weighted by Gasteiger charge is -2.03. The van der Waals surface area contributed by atoms with Crippen LogP contribution in [0, 0.1) is 0 Å². The molecule has 0 saturated heterocycles. The van der Waals surface area contributed by atoms with Crippen LogP contribution in [0.4, 0.5) is 13.2 Å². The normalized spacial score (nSPS) is 11.8. The molecule has 0 spiro atoms. The van der Waals surface area contributed by atoms with Gasteiger partial charge in [-0.05, 0) is 18.2 Å². The highest BCUT2D eigenvalue weighted by molar-refractivity contribution is 5.97. The van der Waals surface area contributed by atoms with Crippen molar-refractivity contribution in [3.8, 4) is 5.75 Å². The Labute approximate surface area is 90.3 Å². The zero-order valence-corrected chi connectivity index (χ0v) is 8.41. The van der Waals surface area contributed by atoms with Gasteiger partial charge in [-0.1, -0.05) is 18.2 Å². The molecule has 0 bridgehead atoms. The van der Waals surface area contributed by atoms with Crippen molar-refractivity contribution >= 4 is 11.9 Å². The first kappa shape index (κ1) is 12.3. The molecule has 0 aliphatic rings. The zero-order chi connectivity index (χ0) is 12.2. The van der Waals surface area contributed by atoms with Crippen LogP contribution in [-0.4, -0.2) is 19.1 Å². The molecule has 0 unspecified atom stereocenters. The molecule has 0 N–H and O–H groups in total. The van der Waals surface area contributed by atoms with Crippen LogP contribution in [0.1, 0.15) is 5.56 Å². The summed E-state index contributed by atoms with van der Waals surface area (Å²) in [6, 6.07) is 6.47. The first-order valence-corrected chi connectivity index (χ1v) is 4.37. The summed E-state index contributed by atoms with van der Waals surface area (Å²) in [7, 11) is 1.40. The van der Waals surface area contributed by atoms with E-state index in [1.807, 2.05) is 0 Å². The molecule has 0 aromatic heterocycles. The molecule has 0 aliphatic heterocycles. The fourth-order valence-corrected chi connectivity index (χ4v) is 1.06. The second-order valence-corrected chi connectivity index (χ2v) is 2.94. The molecule has 1 aromatic rings. The molecule has 0 fully saturated rings. The third-order valence-corrected chi connectivity index (χ3v) is 1.83. The number of carbonyl (C=O) groups is 1. The van der Waals surface area contributed by atoms with Gasteiger partial charge in [-0.3, -0.25) is 4.79 Å². The van der Waals surface area contributed by atoms with E-state index in [4.69, 9.17) is 4.74 Å². The maximum absolute atomic E-state index is 11.9. The van der Waals surface area contributed by atoms with Crippen LogP contribution in [0.25, 0.3) is 6.08 Å². The van der Waals surface area contributed by atoms with Crippen LogP contribution in [0.5, 0.6) is 5.75 Å². The first-order chi connectivity index (χ1) is 7.45. The van der Waals surface area contributed by atoms with Gasteiger partial charge >= 0.3 is 6.18 Å². The number of methoxy groups -OCH3 is 1. The van der Waals surface area contributed by atoms with E-state index in [0.717, 1.165) is 6.08 Å². The largest absolute Gasteiger partial charge is 0.496 e. The fourth-order valence-electron chi connectivity index (χ4n) is 1.06. The minimum absolute atomic E-state index is 0.411. The highest BCUT2D eigenvalue weighted by Crippen LogP contribution is 2.21. The Kier molecular flexibility index (Phi) is 3.71. The minimum atomic E-state index is -4.83. The van der Waals surface area contributed by atoms with Gasteiger partial charge in [0.15, 0.2) is 0 Å².